The molecule has 3 rings (SSSR count). The molecule has 1 heterocycles. The largest absolute Gasteiger partial charge is 0.393 e. The van der Waals surface area contributed by atoms with Crippen molar-refractivity contribution in [2.75, 3.05) is 12.3 Å². The lowest BCUT2D eigenvalue weighted by Gasteiger charge is -2.30. The second kappa shape index (κ2) is 6.69. The number of rotatable bonds is 3. The van der Waals surface area contributed by atoms with E-state index in [0.717, 1.165) is 37.3 Å². The van der Waals surface area contributed by atoms with Gasteiger partial charge in [-0.2, -0.15) is 0 Å². The Morgan fingerprint density at radius 1 is 1.30 bits per heavy atom. The number of hydrogen-bond donors (Lipinski definition) is 2. The minimum absolute atomic E-state index is 0.0841. The third-order valence-corrected chi connectivity index (χ3v) is 5.78. The molecule has 1 saturated carbocycles. The number of benzene rings is 1. The van der Waals surface area contributed by atoms with Crippen LogP contribution >= 0.6 is 23.4 Å². The maximum absolute atomic E-state index is 9.76. The molecule has 0 amide bonds. The number of fused-ring (bicyclic) bond motifs is 1. The predicted molar refractivity (Wildman–Crippen MR) is 85.5 cm³/mol. The van der Waals surface area contributed by atoms with E-state index in [1.54, 1.807) is 0 Å². The van der Waals surface area contributed by atoms with Crippen LogP contribution in [-0.2, 0) is 0 Å². The zero-order valence-corrected chi connectivity index (χ0v) is 13.2. The molecule has 4 heteroatoms. The highest BCUT2D eigenvalue weighted by Gasteiger charge is 2.24. The second-order valence-electron chi connectivity index (χ2n) is 5.97. The van der Waals surface area contributed by atoms with Crippen LogP contribution in [0.5, 0.6) is 0 Å². The van der Waals surface area contributed by atoms with Crippen molar-refractivity contribution in [1.82, 2.24) is 5.32 Å². The first-order valence-corrected chi connectivity index (χ1v) is 8.92. The average Bonchev–Trinajstić information content (AvgIpc) is 2.45. The number of aliphatic hydroxyl groups excluding tert-OH is 1. The Hall–Kier alpha value is -0.220. The quantitative estimate of drug-likeness (QED) is 0.884. The van der Waals surface area contributed by atoms with Crippen LogP contribution in [0, 0.1) is 5.92 Å². The normalized spacial score (nSPS) is 30.0. The van der Waals surface area contributed by atoms with Gasteiger partial charge in [-0.15, -0.1) is 11.8 Å². The van der Waals surface area contributed by atoms with E-state index < -0.39 is 0 Å². The van der Waals surface area contributed by atoms with E-state index in [4.69, 9.17) is 11.6 Å². The predicted octanol–water partition coefficient (Wildman–Crippen LogP) is 4.02. The molecule has 110 valence electrons. The van der Waals surface area contributed by atoms with Gasteiger partial charge in [0.1, 0.15) is 0 Å². The van der Waals surface area contributed by atoms with Crippen LogP contribution in [0.4, 0.5) is 0 Å². The Kier molecular flexibility index (Phi) is 4.92. The van der Waals surface area contributed by atoms with E-state index in [1.165, 1.54) is 22.6 Å². The molecular formula is C16H22ClNOS. The summed E-state index contributed by atoms with van der Waals surface area (Å²) < 4.78 is 0. The van der Waals surface area contributed by atoms with Crippen molar-refractivity contribution >= 4 is 23.4 Å². The van der Waals surface area contributed by atoms with Gasteiger partial charge >= 0.3 is 0 Å². The Bertz CT molecular complexity index is 468. The SMILES string of the molecule is OC1CCCC(CNC2CCSc3ccc(Cl)cc32)C1. The molecule has 2 nitrogen and oxygen atoms in total. The molecule has 1 aromatic rings. The standard InChI is InChI=1S/C16H22ClNOS/c17-12-4-5-16-14(9-12)15(6-7-20-16)18-10-11-2-1-3-13(19)8-11/h4-5,9,11,13,15,18-19H,1-3,6-8,10H2. The molecule has 0 radical (unpaired) electrons. The maximum atomic E-state index is 9.76. The Balaban J connectivity index is 1.62. The van der Waals surface area contributed by atoms with Gasteiger partial charge in [0, 0.05) is 16.0 Å². The highest BCUT2D eigenvalue weighted by Crippen LogP contribution is 2.37. The minimum Gasteiger partial charge on any atom is -0.393 e. The van der Waals surface area contributed by atoms with Crippen molar-refractivity contribution in [2.45, 2.75) is 49.1 Å². The highest BCUT2D eigenvalue weighted by atomic mass is 35.5. The first-order chi connectivity index (χ1) is 9.72. The summed E-state index contributed by atoms with van der Waals surface area (Å²) in [4.78, 5) is 1.36. The average molecular weight is 312 g/mol. The summed E-state index contributed by atoms with van der Waals surface area (Å²) >= 11 is 8.06. The zero-order chi connectivity index (χ0) is 13.9. The van der Waals surface area contributed by atoms with Crippen LogP contribution in [0.1, 0.15) is 43.7 Å². The topological polar surface area (TPSA) is 32.3 Å². The van der Waals surface area contributed by atoms with Crippen molar-refractivity contribution in [3.63, 3.8) is 0 Å². The summed E-state index contributed by atoms with van der Waals surface area (Å²) in [6.07, 6.45) is 5.42. The summed E-state index contributed by atoms with van der Waals surface area (Å²) in [5, 5.41) is 14.3. The highest BCUT2D eigenvalue weighted by molar-refractivity contribution is 7.99. The smallest absolute Gasteiger partial charge is 0.0543 e. The Labute approximate surface area is 130 Å². The van der Waals surface area contributed by atoms with Gasteiger partial charge in [-0.1, -0.05) is 18.0 Å². The number of aliphatic hydroxyl groups is 1. The molecule has 0 aromatic heterocycles. The molecule has 3 atom stereocenters. The molecule has 3 unspecified atom stereocenters. The number of nitrogens with one attached hydrogen (secondary N) is 1. The van der Waals surface area contributed by atoms with Crippen molar-refractivity contribution in [3.8, 4) is 0 Å². The fraction of sp³-hybridized carbons (Fsp3) is 0.625. The monoisotopic (exact) mass is 311 g/mol. The first-order valence-electron chi connectivity index (χ1n) is 7.56. The van der Waals surface area contributed by atoms with E-state index >= 15 is 0 Å². The molecule has 1 aromatic carbocycles. The molecule has 2 aliphatic rings. The van der Waals surface area contributed by atoms with E-state index in [1.807, 2.05) is 17.8 Å². The van der Waals surface area contributed by atoms with E-state index in [-0.39, 0.29) is 6.10 Å². The second-order valence-corrected chi connectivity index (χ2v) is 7.54. The maximum Gasteiger partial charge on any atom is 0.0543 e. The molecule has 1 fully saturated rings. The van der Waals surface area contributed by atoms with Gasteiger partial charge in [-0.3, -0.25) is 0 Å². The fourth-order valence-electron chi connectivity index (χ4n) is 3.33. The van der Waals surface area contributed by atoms with Gasteiger partial charge in [0.05, 0.1) is 6.10 Å². The number of hydrogen-bond acceptors (Lipinski definition) is 3. The van der Waals surface area contributed by atoms with Crippen LogP contribution in [0.15, 0.2) is 23.1 Å². The van der Waals surface area contributed by atoms with Crippen LogP contribution in [0.2, 0.25) is 5.02 Å². The molecular weight excluding hydrogens is 290 g/mol. The zero-order valence-electron chi connectivity index (χ0n) is 11.6. The lowest BCUT2D eigenvalue weighted by molar-refractivity contribution is 0.0995. The lowest BCUT2D eigenvalue weighted by Crippen LogP contribution is -2.32. The number of thioether (sulfide) groups is 1. The lowest BCUT2D eigenvalue weighted by atomic mass is 9.87. The summed E-state index contributed by atoms with van der Waals surface area (Å²) in [5.74, 6) is 1.79. The van der Waals surface area contributed by atoms with Gasteiger partial charge in [-0.25, -0.2) is 0 Å². The van der Waals surface area contributed by atoms with E-state index in [0.29, 0.717) is 12.0 Å². The summed E-state index contributed by atoms with van der Waals surface area (Å²) in [6, 6.07) is 6.65. The Morgan fingerprint density at radius 2 is 2.20 bits per heavy atom. The van der Waals surface area contributed by atoms with E-state index in [2.05, 4.69) is 17.4 Å². The molecule has 0 saturated heterocycles. The van der Waals surface area contributed by atoms with Gasteiger partial charge in [0.15, 0.2) is 0 Å². The third-order valence-electron chi connectivity index (χ3n) is 4.42. The summed E-state index contributed by atoms with van der Waals surface area (Å²) in [5.41, 5.74) is 1.35. The molecule has 1 aliphatic heterocycles. The summed E-state index contributed by atoms with van der Waals surface area (Å²) in [7, 11) is 0. The first kappa shape index (κ1) is 14.7. The van der Waals surface area contributed by atoms with Crippen LogP contribution in [-0.4, -0.2) is 23.5 Å². The third kappa shape index (κ3) is 3.51. The van der Waals surface area contributed by atoms with E-state index in [9.17, 15) is 5.11 Å². The van der Waals surface area contributed by atoms with Crippen LogP contribution < -0.4 is 5.32 Å². The fourth-order valence-corrected chi connectivity index (χ4v) is 4.62. The van der Waals surface area contributed by atoms with Crippen molar-refractivity contribution in [1.29, 1.82) is 0 Å². The number of halogens is 1. The molecule has 0 bridgehead atoms. The van der Waals surface area contributed by atoms with Crippen molar-refractivity contribution < 1.29 is 5.11 Å². The van der Waals surface area contributed by atoms with Crippen LogP contribution in [0.3, 0.4) is 0 Å². The van der Waals surface area contributed by atoms with Crippen LogP contribution in [0.25, 0.3) is 0 Å². The van der Waals surface area contributed by atoms with Crippen molar-refractivity contribution in [2.24, 2.45) is 5.92 Å². The molecule has 1 aliphatic carbocycles. The molecule has 2 N–H and O–H groups in total. The Morgan fingerprint density at radius 3 is 3.05 bits per heavy atom. The van der Waals surface area contributed by atoms with Gasteiger partial charge < -0.3 is 10.4 Å². The van der Waals surface area contributed by atoms with Crippen molar-refractivity contribution in [3.05, 3.63) is 28.8 Å². The summed E-state index contributed by atoms with van der Waals surface area (Å²) in [6.45, 7) is 1.01. The molecule has 0 spiro atoms. The van der Waals surface area contributed by atoms with Gasteiger partial charge in [-0.05, 0) is 67.7 Å². The molecule has 20 heavy (non-hydrogen) atoms. The minimum atomic E-state index is -0.0841. The van der Waals surface area contributed by atoms with Gasteiger partial charge in [0.2, 0.25) is 0 Å². The van der Waals surface area contributed by atoms with Gasteiger partial charge in [0.25, 0.3) is 0 Å².